The summed E-state index contributed by atoms with van der Waals surface area (Å²) < 4.78 is 12.9. The zero-order chi connectivity index (χ0) is 11.6. The van der Waals surface area contributed by atoms with Crippen molar-refractivity contribution >= 4 is 17.3 Å². The summed E-state index contributed by atoms with van der Waals surface area (Å²) in [7, 11) is 1.46. The maximum atomic E-state index is 12.9. The molecule has 1 rings (SSSR count). The topological polar surface area (TPSA) is 63.5 Å². The summed E-state index contributed by atoms with van der Waals surface area (Å²) in [5.74, 6) is -1.20. The molecule has 0 saturated heterocycles. The van der Waals surface area contributed by atoms with Gasteiger partial charge in [-0.3, -0.25) is 14.9 Å². The van der Waals surface area contributed by atoms with E-state index in [0.717, 1.165) is 12.1 Å². The molecule has 5 nitrogen and oxygen atoms in total. The van der Waals surface area contributed by atoms with Crippen molar-refractivity contribution in [3.05, 3.63) is 34.1 Å². The van der Waals surface area contributed by atoms with Crippen LogP contribution in [0, 0.1) is 15.9 Å². The summed E-state index contributed by atoms with van der Waals surface area (Å²) >= 11 is 0. The molecule has 0 aromatic heterocycles. The van der Waals surface area contributed by atoms with Crippen molar-refractivity contribution in [2.24, 2.45) is 0 Å². The average Bonchev–Trinajstić information content (AvgIpc) is 2.16. The van der Waals surface area contributed by atoms with E-state index in [2.05, 4.69) is 0 Å². The SMILES string of the molecule is CC(=O)N(C)c1ccc(F)c([N+](=O)[O-])c1. The number of carbonyl (C=O) groups excluding carboxylic acids is 1. The van der Waals surface area contributed by atoms with Crippen molar-refractivity contribution in [1.82, 2.24) is 0 Å². The smallest absolute Gasteiger partial charge is 0.306 e. The maximum Gasteiger partial charge on any atom is 0.306 e. The summed E-state index contributed by atoms with van der Waals surface area (Å²) in [6.07, 6.45) is 0. The number of nitro groups is 1. The quantitative estimate of drug-likeness (QED) is 0.553. The Bertz CT molecular complexity index is 420. The summed E-state index contributed by atoms with van der Waals surface area (Å²) in [5.41, 5.74) is -0.351. The molecule has 0 bridgehead atoms. The van der Waals surface area contributed by atoms with E-state index in [1.807, 2.05) is 0 Å². The number of halogens is 1. The van der Waals surface area contributed by atoms with Crippen molar-refractivity contribution < 1.29 is 14.1 Å². The van der Waals surface area contributed by atoms with Crippen molar-refractivity contribution in [1.29, 1.82) is 0 Å². The number of carbonyl (C=O) groups is 1. The van der Waals surface area contributed by atoms with Gasteiger partial charge in [0.15, 0.2) is 0 Å². The number of hydrogen-bond acceptors (Lipinski definition) is 3. The molecule has 0 radical (unpaired) electrons. The Labute approximate surface area is 85.3 Å². The first kappa shape index (κ1) is 11.1. The molecule has 6 heteroatoms. The van der Waals surface area contributed by atoms with Crippen LogP contribution in [0.2, 0.25) is 0 Å². The molecule has 0 fully saturated rings. The minimum Gasteiger partial charge on any atom is -0.315 e. The summed E-state index contributed by atoms with van der Waals surface area (Å²) in [4.78, 5) is 21.8. The molecule has 0 aliphatic heterocycles. The van der Waals surface area contributed by atoms with E-state index in [1.165, 1.54) is 24.9 Å². The van der Waals surface area contributed by atoms with E-state index in [0.29, 0.717) is 0 Å². The lowest BCUT2D eigenvalue weighted by Crippen LogP contribution is -2.22. The summed E-state index contributed by atoms with van der Waals surface area (Å²) in [5, 5.41) is 10.4. The van der Waals surface area contributed by atoms with Gasteiger partial charge >= 0.3 is 5.69 Å². The number of amides is 1. The van der Waals surface area contributed by atoms with E-state index in [1.54, 1.807) is 0 Å². The van der Waals surface area contributed by atoms with Crippen molar-refractivity contribution in [3.63, 3.8) is 0 Å². The highest BCUT2D eigenvalue weighted by atomic mass is 19.1. The number of anilines is 1. The van der Waals surface area contributed by atoms with Crippen LogP contribution in [0.5, 0.6) is 0 Å². The van der Waals surface area contributed by atoms with Crippen molar-refractivity contribution in [3.8, 4) is 0 Å². The molecule has 1 aromatic carbocycles. The Kier molecular flexibility index (Phi) is 2.99. The van der Waals surface area contributed by atoms with E-state index in [4.69, 9.17) is 0 Å². The van der Waals surface area contributed by atoms with Gasteiger partial charge in [0.1, 0.15) is 0 Å². The Morgan fingerprint density at radius 2 is 2.13 bits per heavy atom. The van der Waals surface area contributed by atoms with Gasteiger partial charge in [-0.25, -0.2) is 0 Å². The molecule has 1 amide bonds. The van der Waals surface area contributed by atoms with Crippen LogP contribution < -0.4 is 4.90 Å². The molecule has 0 atom stereocenters. The van der Waals surface area contributed by atoms with Gasteiger partial charge in [0.25, 0.3) is 0 Å². The molecule has 0 aliphatic rings. The van der Waals surface area contributed by atoms with Crippen molar-refractivity contribution in [2.75, 3.05) is 11.9 Å². The predicted molar refractivity (Wildman–Crippen MR) is 52.1 cm³/mol. The lowest BCUT2D eigenvalue weighted by molar-refractivity contribution is -0.387. The van der Waals surface area contributed by atoms with Gasteiger partial charge in [-0.05, 0) is 12.1 Å². The van der Waals surface area contributed by atoms with Crippen LogP contribution in [0.15, 0.2) is 18.2 Å². The number of benzene rings is 1. The third kappa shape index (κ3) is 2.28. The Morgan fingerprint density at radius 1 is 1.53 bits per heavy atom. The minimum absolute atomic E-state index is 0.282. The number of nitrogens with zero attached hydrogens (tertiary/aromatic N) is 2. The second-order valence-corrected chi connectivity index (χ2v) is 2.97. The highest BCUT2D eigenvalue weighted by Gasteiger charge is 2.16. The zero-order valence-electron chi connectivity index (χ0n) is 8.23. The molecule has 0 spiro atoms. The number of rotatable bonds is 2. The lowest BCUT2D eigenvalue weighted by atomic mass is 10.2. The molecule has 0 aliphatic carbocycles. The molecule has 0 heterocycles. The standard InChI is InChI=1S/C9H9FN2O3/c1-6(13)11(2)7-3-4-8(10)9(5-7)12(14)15/h3-5H,1-2H3. The highest BCUT2D eigenvalue weighted by Crippen LogP contribution is 2.23. The fourth-order valence-electron chi connectivity index (χ4n) is 1.03. The first-order valence-electron chi connectivity index (χ1n) is 4.11. The van der Waals surface area contributed by atoms with Crippen LogP contribution in [0.25, 0.3) is 0 Å². The third-order valence-electron chi connectivity index (χ3n) is 1.99. The van der Waals surface area contributed by atoms with Gasteiger partial charge in [-0.1, -0.05) is 0 Å². The molecule has 0 N–H and O–H groups in total. The second-order valence-electron chi connectivity index (χ2n) is 2.97. The molecule has 1 aromatic rings. The Morgan fingerprint density at radius 3 is 2.60 bits per heavy atom. The highest BCUT2D eigenvalue weighted by molar-refractivity contribution is 5.91. The van der Waals surface area contributed by atoms with Crippen LogP contribution in [0.4, 0.5) is 15.8 Å². The Hall–Kier alpha value is -1.98. The van der Waals surface area contributed by atoms with Gasteiger partial charge in [0.2, 0.25) is 11.7 Å². The predicted octanol–water partition coefficient (Wildman–Crippen LogP) is 1.72. The van der Waals surface area contributed by atoms with E-state index >= 15 is 0 Å². The first-order chi connectivity index (χ1) is 6.93. The van der Waals surface area contributed by atoms with Crippen LogP contribution in [0.1, 0.15) is 6.92 Å². The van der Waals surface area contributed by atoms with E-state index in [-0.39, 0.29) is 11.6 Å². The second kappa shape index (κ2) is 4.04. The fraction of sp³-hybridized carbons (Fsp3) is 0.222. The normalized spacial score (nSPS) is 9.80. The monoisotopic (exact) mass is 212 g/mol. The van der Waals surface area contributed by atoms with Crippen LogP contribution >= 0.6 is 0 Å². The largest absolute Gasteiger partial charge is 0.315 e. The first-order valence-corrected chi connectivity index (χ1v) is 4.11. The minimum atomic E-state index is -0.916. The van der Waals surface area contributed by atoms with Gasteiger partial charge in [-0.15, -0.1) is 0 Å². The van der Waals surface area contributed by atoms with Gasteiger partial charge in [0, 0.05) is 20.0 Å². The van der Waals surface area contributed by atoms with Gasteiger partial charge < -0.3 is 4.90 Å². The number of hydrogen-bond donors (Lipinski definition) is 0. The number of nitro benzene ring substituents is 1. The molecular formula is C9H9FN2O3. The van der Waals surface area contributed by atoms with E-state index in [9.17, 15) is 19.3 Å². The third-order valence-corrected chi connectivity index (χ3v) is 1.99. The molecule has 0 saturated carbocycles. The molecular weight excluding hydrogens is 203 g/mol. The molecule has 15 heavy (non-hydrogen) atoms. The maximum absolute atomic E-state index is 12.9. The van der Waals surface area contributed by atoms with Gasteiger partial charge in [0.05, 0.1) is 10.6 Å². The van der Waals surface area contributed by atoms with Crippen LogP contribution in [0.3, 0.4) is 0 Å². The zero-order valence-corrected chi connectivity index (χ0v) is 8.23. The lowest BCUT2D eigenvalue weighted by Gasteiger charge is -2.14. The fourth-order valence-corrected chi connectivity index (χ4v) is 1.03. The van der Waals surface area contributed by atoms with Gasteiger partial charge in [-0.2, -0.15) is 4.39 Å². The molecule has 0 unspecified atom stereocenters. The Balaban J connectivity index is 3.18. The summed E-state index contributed by atoms with van der Waals surface area (Å²) in [6.45, 7) is 1.31. The van der Waals surface area contributed by atoms with E-state index < -0.39 is 16.4 Å². The van der Waals surface area contributed by atoms with Crippen LogP contribution in [-0.2, 0) is 4.79 Å². The summed E-state index contributed by atoms with van der Waals surface area (Å²) in [6, 6.07) is 3.30. The molecule has 80 valence electrons. The van der Waals surface area contributed by atoms with Crippen molar-refractivity contribution in [2.45, 2.75) is 6.92 Å². The van der Waals surface area contributed by atoms with Crippen LogP contribution in [-0.4, -0.2) is 17.9 Å². The average molecular weight is 212 g/mol.